The molecule has 370 valence electrons. The van der Waals surface area contributed by atoms with Crippen molar-refractivity contribution in [2.24, 2.45) is 50.2 Å². The predicted molar refractivity (Wildman–Crippen MR) is 239 cm³/mol. The molecular weight excluding hydrogens is 901 g/mol. The first kappa shape index (κ1) is 47.7. The molecule has 18 nitrogen and oxygen atoms in total. The maximum absolute atomic E-state index is 14.6. The Morgan fingerprint density at radius 2 is 1.26 bits per heavy atom. The number of carbonyl (C=O) groups is 4. The summed E-state index contributed by atoms with van der Waals surface area (Å²) in [5.74, 6) is -14.6. The molecule has 3 aromatic rings. The molecule has 0 saturated heterocycles. The van der Waals surface area contributed by atoms with Crippen molar-refractivity contribution < 1.29 is 89.6 Å². The minimum absolute atomic E-state index is 0.0315. The number of aliphatic hydroxyl groups excluding tert-OH is 2. The fourth-order valence-corrected chi connectivity index (χ4v) is 14.5. The smallest absolute Gasteiger partial charge is 0.346 e. The molecule has 0 aromatic heterocycles. The van der Waals surface area contributed by atoms with Gasteiger partial charge in [-0.05, 0) is 121 Å². The largest absolute Gasteiger partial charge is 0.504 e. The Labute approximate surface area is 396 Å². The zero-order chi connectivity index (χ0) is 50.3. The molecule has 18 heteroatoms. The van der Waals surface area contributed by atoms with Crippen molar-refractivity contribution in [1.82, 2.24) is 0 Å². The normalized spacial score (nSPS) is 34.5. The van der Waals surface area contributed by atoms with Gasteiger partial charge in [-0.1, -0.05) is 46.3 Å². The highest BCUT2D eigenvalue weighted by Crippen LogP contribution is 2.76. The van der Waals surface area contributed by atoms with Gasteiger partial charge in [0.1, 0.15) is 12.7 Å². The van der Waals surface area contributed by atoms with E-state index in [0.29, 0.717) is 57.4 Å². The van der Waals surface area contributed by atoms with Crippen LogP contribution >= 0.6 is 0 Å². The van der Waals surface area contributed by atoms with Crippen molar-refractivity contribution in [1.29, 1.82) is 0 Å². The van der Waals surface area contributed by atoms with Crippen molar-refractivity contribution in [2.75, 3.05) is 13.2 Å². The van der Waals surface area contributed by atoms with Gasteiger partial charge < -0.3 is 70.4 Å². The Bertz CT molecular complexity index is 2750. The summed E-state index contributed by atoms with van der Waals surface area (Å²) in [5, 5.41) is 119. The third kappa shape index (κ3) is 6.56. The number of hydrogen-bond donors (Lipinski definition) is 11. The number of carbonyl (C=O) groups excluding carboxylic acids is 4. The van der Waals surface area contributed by atoms with E-state index in [4.69, 9.17) is 14.2 Å². The molecule has 0 bridgehead atoms. The number of cyclic esters (lactones) is 1. The molecule has 0 spiro atoms. The first-order valence-electron chi connectivity index (χ1n) is 23.2. The lowest BCUT2D eigenvalue weighted by atomic mass is 9.33. The highest BCUT2D eigenvalue weighted by atomic mass is 16.6. The number of rotatable bonds is 3. The molecule has 69 heavy (non-hydrogen) atoms. The van der Waals surface area contributed by atoms with Crippen LogP contribution in [0.4, 0.5) is 0 Å². The molecule has 6 aliphatic rings. The molecule has 0 amide bonds. The molecule has 4 saturated carbocycles. The van der Waals surface area contributed by atoms with E-state index < -0.39 is 156 Å². The summed E-state index contributed by atoms with van der Waals surface area (Å²) in [4.78, 5) is 56.7. The average molecular weight is 959 g/mol. The molecule has 1 aliphatic heterocycles. The van der Waals surface area contributed by atoms with Gasteiger partial charge in [-0.25, -0.2) is 14.4 Å². The maximum atomic E-state index is 14.6. The summed E-state index contributed by atoms with van der Waals surface area (Å²) in [6, 6.07) is 3.25. The van der Waals surface area contributed by atoms with Gasteiger partial charge >= 0.3 is 23.9 Å². The van der Waals surface area contributed by atoms with Gasteiger partial charge in [-0.3, -0.25) is 4.79 Å². The number of ether oxygens (including phenoxy) is 3. The van der Waals surface area contributed by atoms with Crippen molar-refractivity contribution in [2.45, 2.75) is 105 Å². The van der Waals surface area contributed by atoms with Crippen LogP contribution in [0.2, 0.25) is 0 Å². The van der Waals surface area contributed by atoms with Crippen molar-refractivity contribution in [3.05, 3.63) is 52.6 Å². The SMILES string of the molecule is CC1(C)CC[C@]2(C(=O)OC(=O)c3cc(O)c(O)c(O)c3)CC[C@]3(C)C(=CC[C@@H]4[C@@]5(C)C[C@@H](O)[C@@H]6OC(=O)c7cc(O)c(O)c(O)c7-c7c(cc(O)c(O)c7O)C(=O)OC[C@@]6(CO)[C@@H]5CC[C@]43C)[C@@H]2C1. The number of hydrogen-bond acceptors (Lipinski definition) is 18. The molecule has 9 rings (SSSR count). The molecule has 3 aromatic carbocycles. The van der Waals surface area contributed by atoms with Gasteiger partial charge in [0, 0.05) is 11.1 Å². The quantitative estimate of drug-likeness (QED) is 0.0438. The summed E-state index contributed by atoms with van der Waals surface area (Å²) in [6.45, 7) is 9.24. The molecule has 0 unspecified atom stereocenters. The van der Waals surface area contributed by atoms with Crippen LogP contribution in [-0.4, -0.2) is 105 Å². The molecule has 1 heterocycles. The Morgan fingerprint density at radius 3 is 1.86 bits per heavy atom. The summed E-state index contributed by atoms with van der Waals surface area (Å²) in [7, 11) is 0. The third-order valence-corrected chi connectivity index (χ3v) is 18.3. The van der Waals surface area contributed by atoms with E-state index in [-0.39, 0.29) is 29.2 Å². The maximum Gasteiger partial charge on any atom is 0.346 e. The number of phenols is 9. The summed E-state index contributed by atoms with van der Waals surface area (Å²) >= 11 is 0. The van der Waals surface area contributed by atoms with Crippen LogP contribution in [0.25, 0.3) is 11.1 Å². The zero-order valence-corrected chi connectivity index (χ0v) is 38.8. The van der Waals surface area contributed by atoms with Gasteiger partial charge in [0.25, 0.3) is 0 Å². The standard InChI is InChI=1S/C51H58O18/c1-46(2)10-12-50(45(66)69-42(63)22-14-27(53)36(58)28(54)15-22)13-11-48(4)25(26(50)18-46)6-7-32-47(3)19-31(57)41-51(20-52,33(47)8-9-49(32,48)5)21-67-43(64)23-16-29(55)37(59)39(61)34(23)35-24(44(65)68-41)17-30(56)38(60)40(35)62/h6,14-17,26,31-33,41,52-62H,7-13,18-21H2,1-5H3/t26-,31+,32+,33+,41-,47+,48+,49+,50-,51-/m0/s1. The Balaban J connectivity index is 1.11. The fourth-order valence-electron chi connectivity index (χ4n) is 14.5. The number of allylic oxidation sites excluding steroid dienone is 2. The molecule has 4 fully saturated rings. The van der Waals surface area contributed by atoms with Gasteiger partial charge in [-0.2, -0.15) is 0 Å². The Hall–Kier alpha value is -6.40. The minimum atomic E-state index is -1.72. The van der Waals surface area contributed by atoms with Crippen LogP contribution < -0.4 is 0 Å². The zero-order valence-electron chi connectivity index (χ0n) is 38.8. The molecular formula is C51H58O18. The topological polar surface area (TPSA) is 318 Å². The number of phenolic OH excluding ortho intramolecular Hbond substituents is 9. The van der Waals surface area contributed by atoms with Gasteiger partial charge in [0.05, 0.1) is 40.2 Å². The molecule has 11 N–H and O–H groups in total. The van der Waals surface area contributed by atoms with Crippen LogP contribution in [-0.2, 0) is 19.0 Å². The van der Waals surface area contributed by atoms with Crippen molar-refractivity contribution in [3.63, 3.8) is 0 Å². The highest BCUT2D eigenvalue weighted by molar-refractivity contribution is 6.08. The highest BCUT2D eigenvalue weighted by Gasteiger charge is 2.72. The second-order valence-corrected chi connectivity index (χ2v) is 22.0. The Kier molecular flexibility index (Phi) is 10.7. The lowest BCUT2D eigenvalue weighted by molar-refractivity contribution is -0.256. The van der Waals surface area contributed by atoms with Crippen LogP contribution in [0.15, 0.2) is 35.9 Å². The molecule has 5 aliphatic carbocycles. The number of esters is 4. The predicted octanol–water partition coefficient (Wildman–Crippen LogP) is 6.51. The van der Waals surface area contributed by atoms with Crippen LogP contribution in [0, 0.1) is 50.2 Å². The first-order chi connectivity index (χ1) is 32.2. The van der Waals surface area contributed by atoms with Gasteiger partial charge in [0.2, 0.25) is 11.5 Å². The minimum Gasteiger partial charge on any atom is -0.504 e. The second-order valence-electron chi connectivity index (χ2n) is 22.0. The number of fused-ring (bicyclic) bond motifs is 12. The fraction of sp³-hybridized carbons (Fsp3) is 0.529. The van der Waals surface area contributed by atoms with Crippen LogP contribution in [0.3, 0.4) is 0 Å². The number of aliphatic hydroxyl groups is 2. The summed E-state index contributed by atoms with van der Waals surface area (Å²) < 4.78 is 17.6. The van der Waals surface area contributed by atoms with E-state index in [9.17, 15) is 75.3 Å². The van der Waals surface area contributed by atoms with E-state index in [1.165, 1.54) is 0 Å². The summed E-state index contributed by atoms with van der Waals surface area (Å²) in [6.07, 6.45) is 2.98. The Morgan fingerprint density at radius 1 is 0.696 bits per heavy atom. The van der Waals surface area contributed by atoms with E-state index in [1.54, 1.807) is 0 Å². The van der Waals surface area contributed by atoms with Gasteiger partial charge in [0.15, 0.2) is 40.2 Å². The van der Waals surface area contributed by atoms with Gasteiger partial charge in [-0.15, -0.1) is 0 Å². The average Bonchev–Trinajstić information content (AvgIpc) is 3.30. The van der Waals surface area contributed by atoms with E-state index >= 15 is 0 Å². The van der Waals surface area contributed by atoms with Crippen LogP contribution in [0.1, 0.15) is 123 Å². The lowest BCUT2D eigenvalue weighted by Crippen LogP contribution is -2.70. The summed E-state index contributed by atoms with van der Waals surface area (Å²) in [5.41, 5.74) is -7.18. The second kappa shape index (κ2) is 15.6. The first-order valence-corrected chi connectivity index (χ1v) is 23.2. The monoisotopic (exact) mass is 958 g/mol. The van der Waals surface area contributed by atoms with Crippen LogP contribution in [0.5, 0.6) is 51.7 Å². The van der Waals surface area contributed by atoms with Crippen molar-refractivity contribution in [3.8, 4) is 62.9 Å². The molecule has 10 atom stereocenters. The number of benzene rings is 3. The lowest BCUT2D eigenvalue weighted by Gasteiger charge is -2.71. The van der Waals surface area contributed by atoms with E-state index in [2.05, 4.69) is 33.8 Å². The van der Waals surface area contributed by atoms with Crippen molar-refractivity contribution >= 4 is 23.9 Å². The van der Waals surface area contributed by atoms with E-state index in [0.717, 1.165) is 23.8 Å². The number of aromatic hydroxyl groups is 9. The third-order valence-electron chi connectivity index (χ3n) is 18.3. The molecule has 0 radical (unpaired) electrons. The van der Waals surface area contributed by atoms with E-state index in [1.807, 2.05) is 6.92 Å².